The Morgan fingerprint density at radius 2 is 1.47 bits per heavy atom. The molecule has 0 atom stereocenters. The van der Waals surface area contributed by atoms with Gasteiger partial charge < -0.3 is 10.1 Å². The predicted molar refractivity (Wildman–Crippen MR) is 178 cm³/mol. The fraction of sp³-hybridized carbons (Fsp3) is 0.447. The quantitative estimate of drug-likeness (QED) is 0.0799. The number of hydrogen-bond donors (Lipinski definition) is 1. The summed E-state index contributed by atoms with van der Waals surface area (Å²) >= 11 is 0. The van der Waals surface area contributed by atoms with E-state index in [9.17, 15) is 9.90 Å². The zero-order chi connectivity index (χ0) is 31.0. The average Bonchev–Trinajstić information content (AvgIpc) is 2.93. The molecule has 0 amide bonds. The average molecular weight is 758 g/mol. The Bertz CT molecular complexity index is 1520. The third kappa shape index (κ3) is 9.55. The van der Waals surface area contributed by atoms with Crippen LogP contribution in [-0.2, 0) is 31.3 Å². The molecule has 4 nitrogen and oxygen atoms in total. The summed E-state index contributed by atoms with van der Waals surface area (Å²) < 4.78 is 0. The van der Waals surface area contributed by atoms with Crippen molar-refractivity contribution in [3.8, 4) is 11.3 Å². The third-order valence-electron chi connectivity index (χ3n) is 7.95. The first-order valence-corrected chi connectivity index (χ1v) is 15.5. The zero-order valence-electron chi connectivity index (χ0n) is 27.5. The Labute approximate surface area is 272 Å². The van der Waals surface area contributed by atoms with Crippen LogP contribution in [0.3, 0.4) is 0 Å². The molecular weight excluding hydrogens is 709 g/mol. The Balaban J connectivity index is 0.000000348. The van der Waals surface area contributed by atoms with Crippen molar-refractivity contribution < 1.29 is 30.0 Å². The number of hydrogen-bond acceptors (Lipinski definition) is 4. The van der Waals surface area contributed by atoms with E-state index in [1.54, 1.807) is 0 Å². The molecule has 1 radical (unpaired) electrons. The van der Waals surface area contributed by atoms with Gasteiger partial charge in [-0.2, -0.15) is 0 Å². The molecule has 0 fully saturated rings. The first-order valence-electron chi connectivity index (χ1n) is 15.5. The van der Waals surface area contributed by atoms with Gasteiger partial charge in [-0.25, -0.2) is 0 Å². The number of fused-ring (bicyclic) bond motifs is 3. The van der Waals surface area contributed by atoms with Crippen LogP contribution in [0.5, 0.6) is 0 Å². The van der Waals surface area contributed by atoms with Gasteiger partial charge in [0.15, 0.2) is 5.78 Å². The van der Waals surface area contributed by atoms with E-state index in [-0.39, 0.29) is 48.9 Å². The smallest absolute Gasteiger partial charge is 0.162 e. The topological polar surface area (TPSA) is 63.1 Å². The van der Waals surface area contributed by atoms with Crippen LogP contribution in [0.25, 0.3) is 32.9 Å². The van der Waals surface area contributed by atoms with Crippen molar-refractivity contribution in [1.29, 1.82) is 0 Å². The molecule has 43 heavy (non-hydrogen) atoms. The number of rotatable bonds is 9. The van der Waals surface area contributed by atoms with Crippen molar-refractivity contribution in [2.75, 3.05) is 0 Å². The Hall–Kier alpha value is -2.88. The number of carbonyl (C=O) groups is 1. The van der Waals surface area contributed by atoms with Crippen molar-refractivity contribution in [3.05, 3.63) is 83.4 Å². The minimum absolute atomic E-state index is 0. The predicted octanol–water partition coefficient (Wildman–Crippen LogP) is 10.3. The van der Waals surface area contributed by atoms with Gasteiger partial charge in [0.1, 0.15) is 0 Å². The van der Waals surface area contributed by atoms with E-state index in [0.717, 1.165) is 65.2 Å². The molecule has 0 aliphatic carbocycles. The number of allylic oxidation sites excluding steroid dienone is 2. The normalized spacial score (nSPS) is 11.9. The van der Waals surface area contributed by atoms with Gasteiger partial charge in [-0.15, -0.1) is 34.9 Å². The second-order valence-corrected chi connectivity index (χ2v) is 12.7. The Morgan fingerprint density at radius 3 is 2.05 bits per heavy atom. The van der Waals surface area contributed by atoms with E-state index in [0.29, 0.717) is 0 Å². The molecule has 233 valence electrons. The van der Waals surface area contributed by atoms with E-state index in [1.807, 2.05) is 40.1 Å². The molecule has 2 aromatic heterocycles. The van der Waals surface area contributed by atoms with Crippen LogP contribution >= 0.6 is 0 Å². The van der Waals surface area contributed by atoms with Gasteiger partial charge >= 0.3 is 0 Å². The van der Waals surface area contributed by atoms with Crippen LogP contribution in [0.2, 0.25) is 0 Å². The minimum Gasteiger partial charge on any atom is -0.512 e. The molecule has 1 N–H and O–H groups in total. The van der Waals surface area contributed by atoms with Crippen LogP contribution in [0.1, 0.15) is 90.8 Å². The molecule has 2 heterocycles. The van der Waals surface area contributed by atoms with E-state index < -0.39 is 0 Å². The molecule has 0 saturated carbocycles. The number of carbonyl (C=O) groups excluding carboxylic acids is 1. The Kier molecular flexibility index (Phi) is 13.7. The summed E-state index contributed by atoms with van der Waals surface area (Å²) in [6, 6.07) is 16.4. The molecule has 0 aliphatic heterocycles. The molecule has 4 rings (SSSR count). The first-order chi connectivity index (χ1) is 19.9. The van der Waals surface area contributed by atoms with Gasteiger partial charge in [0.2, 0.25) is 0 Å². The number of benzene rings is 2. The SMILES string of the molecule is CCC(CC)C(=O)/C=C(\O)C(CC)CC.Cc1[c-]c(-c2nccc3c2ccc2c(CC(C)(C)C)ccnc23)cc(C)c1.[Ir]. The molecule has 5 heteroatoms. The molecule has 0 aliphatic rings. The third-order valence-corrected chi connectivity index (χ3v) is 7.95. The van der Waals surface area contributed by atoms with Crippen molar-refractivity contribution in [1.82, 2.24) is 9.97 Å². The maximum atomic E-state index is 11.7. The molecule has 4 aromatic rings. The van der Waals surface area contributed by atoms with Crippen molar-refractivity contribution in [2.45, 2.75) is 94.4 Å². The van der Waals surface area contributed by atoms with Crippen molar-refractivity contribution in [2.24, 2.45) is 17.3 Å². The molecule has 0 saturated heterocycles. The van der Waals surface area contributed by atoms with Gasteiger partial charge in [-0.05, 0) is 66.3 Å². The number of aromatic nitrogens is 2. The van der Waals surface area contributed by atoms with E-state index in [1.165, 1.54) is 22.6 Å². The van der Waals surface area contributed by atoms with Crippen LogP contribution in [0.4, 0.5) is 0 Å². The maximum Gasteiger partial charge on any atom is 0.162 e. The van der Waals surface area contributed by atoms with Crippen LogP contribution < -0.4 is 0 Å². The molecular formula is C38H49IrN2O2-. The summed E-state index contributed by atoms with van der Waals surface area (Å²) in [4.78, 5) is 21.1. The summed E-state index contributed by atoms with van der Waals surface area (Å²) in [5, 5.41) is 13.3. The van der Waals surface area contributed by atoms with Gasteiger partial charge in [0.25, 0.3) is 0 Å². The van der Waals surface area contributed by atoms with E-state index >= 15 is 0 Å². The summed E-state index contributed by atoms with van der Waals surface area (Å²) in [5.41, 5.74) is 7.03. The molecule has 0 spiro atoms. The summed E-state index contributed by atoms with van der Waals surface area (Å²) in [5.74, 6) is 0.547. The van der Waals surface area contributed by atoms with Gasteiger partial charge in [-0.3, -0.25) is 9.78 Å². The number of nitrogens with zero attached hydrogens (tertiary/aromatic N) is 2. The minimum atomic E-state index is 0. The van der Waals surface area contributed by atoms with Gasteiger partial charge in [-0.1, -0.05) is 74.4 Å². The van der Waals surface area contributed by atoms with Gasteiger partial charge in [0.05, 0.1) is 11.3 Å². The van der Waals surface area contributed by atoms with Crippen molar-refractivity contribution in [3.63, 3.8) is 0 Å². The zero-order valence-corrected chi connectivity index (χ0v) is 29.9. The number of aryl methyl sites for hydroxylation is 2. The molecule has 2 aromatic carbocycles. The second-order valence-electron chi connectivity index (χ2n) is 12.7. The maximum absolute atomic E-state index is 11.7. The second kappa shape index (κ2) is 16.3. The largest absolute Gasteiger partial charge is 0.512 e. The van der Waals surface area contributed by atoms with Crippen LogP contribution in [0, 0.1) is 37.2 Å². The Morgan fingerprint density at radius 1 is 0.860 bits per heavy atom. The molecule has 0 bridgehead atoms. The number of pyridine rings is 2. The molecule has 0 unspecified atom stereocenters. The summed E-state index contributed by atoms with van der Waals surface area (Å²) in [6.45, 7) is 19.1. The number of ketones is 1. The number of aliphatic hydroxyl groups excluding tert-OH is 1. The van der Waals surface area contributed by atoms with E-state index in [4.69, 9.17) is 4.98 Å². The summed E-state index contributed by atoms with van der Waals surface area (Å²) in [6.07, 6.45) is 9.76. The monoisotopic (exact) mass is 758 g/mol. The number of aliphatic hydroxyl groups is 1. The van der Waals surface area contributed by atoms with E-state index in [2.05, 4.69) is 82.1 Å². The summed E-state index contributed by atoms with van der Waals surface area (Å²) in [7, 11) is 0. The fourth-order valence-corrected chi connectivity index (χ4v) is 5.67. The van der Waals surface area contributed by atoms with Crippen molar-refractivity contribution >= 4 is 27.5 Å². The fourth-order valence-electron chi connectivity index (χ4n) is 5.67. The standard InChI is InChI=1S/C25H25N2.C13H24O2.Ir/c1-16-12-17(2)14-19(13-16)23-21-7-6-20-18(15-25(3,4)5)8-10-27-24(20)22(21)9-11-26-23;1-5-10(6-2)12(14)9-13(15)11(7-3)8-4;/h6-13H,15H2,1-5H3;9-11,14H,5-8H2,1-4H3;/q-1;;/b;12-9-;. The van der Waals surface area contributed by atoms with Gasteiger partial charge in [0, 0.05) is 61.2 Å². The first kappa shape index (κ1) is 36.3. The van der Waals surface area contributed by atoms with Crippen LogP contribution in [-0.4, -0.2) is 20.9 Å². The van der Waals surface area contributed by atoms with Crippen LogP contribution in [0.15, 0.2) is 60.6 Å².